The number of rotatable bonds is 6. The number of aromatic nitrogens is 2. The molecule has 156 valence electrons. The van der Waals surface area contributed by atoms with Crippen LogP contribution in [0.1, 0.15) is 11.1 Å². The largest absolute Gasteiger partial charge is 0.360 e. The highest BCUT2D eigenvalue weighted by atomic mass is 19.1. The van der Waals surface area contributed by atoms with Gasteiger partial charge in [0.15, 0.2) is 0 Å². The molecule has 0 aliphatic carbocycles. The molecule has 0 unspecified atom stereocenters. The molecule has 2 aromatic rings. The first kappa shape index (κ1) is 19.0. The van der Waals surface area contributed by atoms with E-state index in [2.05, 4.69) is 10.2 Å². The van der Waals surface area contributed by atoms with E-state index in [1.165, 1.54) is 12.1 Å². The first-order chi connectivity index (χ1) is 14.5. The zero-order valence-corrected chi connectivity index (χ0v) is 16.6. The van der Waals surface area contributed by atoms with Crippen molar-refractivity contribution in [2.45, 2.75) is 24.7 Å². The summed E-state index contributed by atoms with van der Waals surface area (Å²) < 4.78 is 19.4. The van der Waals surface area contributed by atoms with E-state index in [9.17, 15) is 14.0 Å². The fourth-order valence-corrected chi connectivity index (χ4v) is 4.88. The summed E-state index contributed by atoms with van der Waals surface area (Å²) in [5, 5.41) is 6.69. The highest BCUT2D eigenvalue weighted by Gasteiger charge is 2.67. The van der Waals surface area contributed by atoms with Crippen molar-refractivity contribution in [3.63, 3.8) is 0 Å². The van der Waals surface area contributed by atoms with Gasteiger partial charge in [-0.05, 0) is 29.7 Å². The van der Waals surface area contributed by atoms with Crippen LogP contribution in [-0.4, -0.2) is 63.7 Å². The van der Waals surface area contributed by atoms with Crippen molar-refractivity contribution in [3.05, 3.63) is 65.8 Å². The number of likely N-dealkylation sites (N-methyl/N-ethyl adjacent to an activating group) is 1. The van der Waals surface area contributed by atoms with E-state index in [1.54, 1.807) is 35.2 Å². The van der Waals surface area contributed by atoms with Crippen molar-refractivity contribution in [3.8, 4) is 0 Å². The Morgan fingerprint density at radius 1 is 1.37 bits per heavy atom. The fourth-order valence-electron chi connectivity index (χ4n) is 4.88. The van der Waals surface area contributed by atoms with Gasteiger partial charge in [0.25, 0.3) is 0 Å². The summed E-state index contributed by atoms with van der Waals surface area (Å²) in [7, 11) is 1.76. The van der Waals surface area contributed by atoms with Crippen LogP contribution in [0.15, 0.2) is 48.8 Å². The molecule has 3 aliphatic heterocycles. The number of likely N-dealkylation sites (tertiary alicyclic amines) is 1. The number of halogens is 1. The number of nitrogens with one attached hydrogen (secondary N) is 1. The lowest BCUT2D eigenvalue weighted by Gasteiger charge is -2.27. The summed E-state index contributed by atoms with van der Waals surface area (Å²) in [5.41, 5.74) is 1.13. The smallest absolute Gasteiger partial charge is 0.230 e. The molecule has 1 aromatic heterocycles. The molecule has 8 heteroatoms. The Bertz CT molecular complexity index is 990. The SMILES string of the molecule is CN(CCc1cn[nH]c1)C(=O)[C@H]1[C@@H]2C=C[C@@]3(CN(Cc4ccc(F)cc4)C(=O)[C@H]13)O2. The van der Waals surface area contributed by atoms with Gasteiger partial charge in [0.1, 0.15) is 11.4 Å². The van der Waals surface area contributed by atoms with Crippen LogP contribution in [0.4, 0.5) is 4.39 Å². The maximum absolute atomic E-state index is 13.3. The molecule has 1 aromatic carbocycles. The monoisotopic (exact) mass is 410 g/mol. The molecule has 7 nitrogen and oxygen atoms in total. The van der Waals surface area contributed by atoms with E-state index in [4.69, 9.17) is 4.74 Å². The fraction of sp³-hybridized carbons (Fsp3) is 0.409. The lowest BCUT2D eigenvalue weighted by Crippen LogP contribution is -2.45. The second kappa shape index (κ2) is 7.05. The third-order valence-corrected chi connectivity index (χ3v) is 6.42. The van der Waals surface area contributed by atoms with Crippen LogP contribution < -0.4 is 0 Å². The van der Waals surface area contributed by atoms with Gasteiger partial charge in [-0.15, -0.1) is 0 Å². The maximum Gasteiger partial charge on any atom is 0.230 e. The number of nitrogens with zero attached hydrogens (tertiary/aromatic N) is 3. The zero-order chi connectivity index (χ0) is 20.9. The van der Waals surface area contributed by atoms with Crippen molar-refractivity contribution >= 4 is 11.8 Å². The van der Waals surface area contributed by atoms with E-state index in [0.29, 0.717) is 26.1 Å². The van der Waals surface area contributed by atoms with Crippen LogP contribution in [0, 0.1) is 17.7 Å². The van der Waals surface area contributed by atoms with Crippen molar-refractivity contribution in [1.82, 2.24) is 20.0 Å². The molecule has 1 spiro atoms. The topological polar surface area (TPSA) is 78.5 Å². The van der Waals surface area contributed by atoms with Gasteiger partial charge >= 0.3 is 0 Å². The molecule has 3 aliphatic rings. The van der Waals surface area contributed by atoms with Crippen LogP contribution >= 0.6 is 0 Å². The number of fused-ring (bicyclic) bond motifs is 1. The van der Waals surface area contributed by atoms with Crippen molar-refractivity contribution < 1.29 is 18.7 Å². The van der Waals surface area contributed by atoms with Crippen LogP contribution in [-0.2, 0) is 27.3 Å². The highest BCUT2D eigenvalue weighted by molar-refractivity contribution is 5.93. The molecule has 4 heterocycles. The molecule has 0 radical (unpaired) electrons. The molecule has 1 N–H and O–H groups in total. The Kier molecular flexibility index (Phi) is 4.47. The summed E-state index contributed by atoms with van der Waals surface area (Å²) in [5.74, 6) is -1.49. The van der Waals surface area contributed by atoms with E-state index >= 15 is 0 Å². The van der Waals surface area contributed by atoms with Gasteiger partial charge in [0, 0.05) is 26.3 Å². The molecule has 5 rings (SSSR count). The van der Waals surface area contributed by atoms with Gasteiger partial charge in [-0.2, -0.15) is 5.10 Å². The Morgan fingerprint density at radius 2 is 2.17 bits per heavy atom. The quantitative estimate of drug-likeness (QED) is 0.733. The first-order valence-electron chi connectivity index (χ1n) is 10.1. The molecule has 2 amide bonds. The van der Waals surface area contributed by atoms with Crippen LogP contribution in [0.25, 0.3) is 0 Å². The lowest BCUT2D eigenvalue weighted by molar-refractivity contribution is -0.142. The number of ether oxygens (including phenoxy) is 1. The number of carbonyl (C=O) groups is 2. The Morgan fingerprint density at radius 3 is 2.90 bits per heavy atom. The van der Waals surface area contributed by atoms with Gasteiger partial charge in [-0.3, -0.25) is 14.7 Å². The molecule has 2 saturated heterocycles. The first-order valence-corrected chi connectivity index (χ1v) is 10.1. The predicted octanol–water partition coefficient (Wildman–Crippen LogP) is 1.53. The second-order valence-electron chi connectivity index (χ2n) is 8.34. The van der Waals surface area contributed by atoms with E-state index < -0.39 is 17.4 Å². The number of amides is 2. The Labute approximate surface area is 173 Å². The summed E-state index contributed by atoms with van der Waals surface area (Å²) in [6, 6.07) is 6.13. The number of carbonyl (C=O) groups excluding carboxylic acids is 2. The maximum atomic E-state index is 13.3. The van der Waals surface area contributed by atoms with Crippen LogP contribution in [0.3, 0.4) is 0 Å². The average molecular weight is 410 g/mol. The Balaban J connectivity index is 1.31. The molecule has 4 atom stereocenters. The summed E-state index contributed by atoms with van der Waals surface area (Å²) >= 11 is 0. The molecule has 0 saturated carbocycles. The molecular weight excluding hydrogens is 387 g/mol. The lowest BCUT2D eigenvalue weighted by atomic mass is 9.76. The average Bonchev–Trinajstić information content (AvgIpc) is 3.50. The minimum Gasteiger partial charge on any atom is -0.360 e. The normalized spacial score (nSPS) is 28.9. The number of aromatic amines is 1. The van der Waals surface area contributed by atoms with E-state index in [0.717, 1.165) is 11.1 Å². The minimum atomic E-state index is -0.743. The van der Waals surface area contributed by atoms with E-state index in [1.807, 2.05) is 18.3 Å². The third kappa shape index (κ3) is 3.02. The standard InChI is InChI=1S/C22H23FN4O3/c1-26(9-7-15-10-24-25-11-15)20(28)18-17-6-8-22(30-17)13-27(21(29)19(18)22)12-14-2-4-16(23)5-3-14/h2-6,8,10-11,17-19H,7,9,12-13H2,1H3,(H,24,25)/t17-,18-,19-,22-/m0/s1. The van der Waals surface area contributed by atoms with E-state index in [-0.39, 0.29) is 23.7 Å². The summed E-state index contributed by atoms with van der Waals surface area (Å²) in [6.45, 7) is 1.32. The minimum absolute atomic E-state index is 0.0725. The summed E-state index contributed by atoms with van der Waals surface area (Å²) in [6.07, 6.45) is 7.73. The molecule has 2 bridgehead atoms. The van der Waals surface area contributed by atoms with Crippen LogP contribution in [0.2, 0.25) is 0 Å². The van der Waals surface area contributed by atoms with Gasteiger partial charge in [-0.1, -0.05) is 24.3 Å². The Hall–Kier alpha value is -3.00. The summed E-state index contributed by atoms with van der Waals surface area (Å²) in [4.78, 5) is 29.9. The van der Waals surface area contributed by atoms with Crippen molar-refractivity contribution in [2.75, 3.05) is 20.1 Å². The van der Waals surface area contributed by atoms with Gasteiger partial charge < -0.3 is 14.5 Å². The van der Waals surface area contributed by atoms with Crippen LogP contribution in [0.5, 0.6) is 0 Å². The molecular formula is C22H23FN4O3. The number of hydrogen-bond acceptors (Lipinski definition) is 4. The number of hydrogen-bond donors (Lipinski definition) is 1. The van der Waals surface area contributed by atoms with Gasteiger partial charge in [0.2, 0.25) is 11.8 Å². The zero-order valence-electron chi connectivity index (χ0n) is 16.6. The highest BCUT2D eigenvalue weighted by Crippen LogP contribution is 2.52. The number of benzene rings is 1. The van der Waals surface area contributed by atoms with Gasteiger partial charge in [-0.25, -0.2) is 4.39 Å². The third-order valence-electron chi connectivity index (χ3n) is 6.42. The van der Waals surface area contributed by atoms with Gasteiger partial charge in [0.05, 0.1) is 30.7 Å². The second-order valence-corrected chi connectivity index (χ2v) is 8.34. The van der Waals surface area contributed by atoms with Crippen molar-refractivity contribution in [2.24, 2.45) is 11.8 Å². The number of H-pyrrole nitrogens is 1. The van der Waals surface area contributed by atoms with Crippen molar-refractivity contribution in [1.29, 1.82) is 0 Å². The molecule has 30 heavy (non-hydrogen) atoms. The molecule has 2 fully saturated rings. The predicted molar refractivity (Wildman–Crippen MR) is 105 cm³/mol.